The Hall–Kier alpha value is -0.590. The van der Waals surface area contributed by atoms with E-state index in [0.717, 1.165) is 51.3 Å². The summed E-state index contributed by atoms with van der Waals surface area (Å²) >= 11 is 7.13. The van der Waals surface area contributed by atoms with Crippen LogP contribution in [0.3, 0.4) is 0 Å². The maximum Gasteiger partial charge on any atom is 0.0813 e. The summed E-state index contributed by atoms with van der Waals surface area (Å²) in [5.41, 5.74) is 2.02. The van der Waals surface area contributed by atoms with E-state index in [2.05, 4.69) is 47.4 Å². The Kier molecular flexibility index (Phi) is 4.33. The third-order valence-electron chi connectivity index (χ3n) is 4.05. The first kappa shape index (κ1) is 14.4. The van der Waals surface area contributed by atoms with Crippen LogP contribution in [0.2, 0.25) is 0 Å². The van der Waals surface area contributed by atoms with Crippen molar-refractivity contribution >= 4 is 48.5 Å². The van der Waals surface area contributed by atoms with Gasteiger partial charge in [-0.1, -0.05) is 12.8 Å². The van der Waals surface area contributed by atoms with Crippen LogP contribution < -0.4 is 5.32 Å². The Morgan fingerprint density at radius 1 is 1.30 bits per heavy atom. The maximum atomic E-state index is 10.1. The maximum absolute atomic E-state index is 10.1. The van der Waals surface area contributed by atoms with Crippen molar-refractivity contribution in [2.45, 2.75) is 31.8 Å². The Balaban J connectivity index is 1.82. The molecule has 0 spiro atoms. The van der Waals surface area contributed by atoms with E-state index in [4.69, 9.17) is 0 Å². The van der Waals surface area contributed by atoms with Crippen LogP contribution in [0.5, 0.6) is 0 Å². The van der Waals surface area contributed by atoms with Gasteiger partial charge in [-0.2, -0.15) is 5.10 Å². The number of halogens is 2. The first-order chi connectivity index (χ1) is 9.66. The van der Waals surface area contributed by atoms with Crippen molar-refractivity contribution in [3.63, 3.8) is 0 Å². The number of aliphatic hydroxyl groups is 1. The van der Waals surface area contributed by atoms with Gasteiger partial charge in [-0.15, -0.1) is 0 Å². The molecule has 20 heavy (non-hydrogen) atoms. The topological polar surface area (TPSA) is 60.9 Å². The van der Waals surface area contributed by atoms with Gasteiger partial charge >= 0.3 is 0 Å². The largest absolute Gasteiger partial charge is 0.393 e. The smallest absolute Gasteiger partial charge is 0.0813 e. The van der Waals surface area contributed by atoms with Crippen molar-refractivity contribution in [1.29, 1.82) is 0 Å². The van der Waals surface area contributed by atoms with E-state index in [9.17, 15) is 5.11 Å². The number of anilines is 1. The van der Waals surface area contributed by atoms with E-state index in [1.165, 1.54) is 6.42 Å². The highest BCUT2D eigenvalue weighted by atomic mass is 79.9. The van der Waals surface area contributed by atoms with Gasteiger partial charge < -0.3 is 10.4 Å². The molecule has 0 amide bonds. The first-order valence-corrected chi connectivity index (χ1v) is 8.48. The molecule has 1 aromatic heterocycles. The number of benzene rings is 1. The van der Waals surface area contributed by atoms with Gasteiger partial charge in [-0.25, -0.2) is 0 Å². The molecule has 108 valence electrons. The van der Waals surface area contributed by atoms with Gasteiger partial charge in [-0.05, 0) is 50.8 Å². The first-order valence-electron chi connectivity index (χ1n) is 6.90. The highest BCUT2D eigenvalue weighted by Crippen LogP contribution is 2.36. The van der Waals surface area contributed by atoms with Gasteiger partial charge in [0.2, 0.25) is 0 Å². The third-order valence-corrected chi connectivity index (χ3v) is 5.30. The zero-order chi connectivity index (χ0) is 14.1. The number of hydrogen-bond acceptors (Lipinski definition) is 3. The lowest BCUT2D eigenvalue weighted by atomic mass is 9.86. The van der Waals surface area contributed by atoms with Gasteiger partial charge in [-0.3, -0.25) is 5.10 Å². The van der Waals surface area contributed by atoms with Gasteiger partial charge in [0.25, 0.3) is 0 Å². The standard InChI is InChI=1S/C14H17Br2N3O/c15-10-5-11(16)14-9(7-18-19-14)13(10)17-6-8-3-1-2-4-12(8)20/h5,7-8,12,17,20H,1-4,6H2,(H,18,19)/t8-,12+/m0/s1. The quantitative estimate of drug-likeness (QED) is 0.725. The number of aromatic amines is 1. The second kappa shape index (κ2) is 6.03. The number of aliphatic hydroxyl groups excluding tert-OH is 1. The Bertz CT molecular complexity index is 614. The molecule has 0 saturated heterocycles. The van der Waals surface area contributed by atoms with Gasteiger partial charge in [0.15, 0.2) is 0 Å². The molecule has 2 aromatic rings. The zero-order valence-corrected chi connectivity index (χ0v) is 14.2. The Morgan fingerprint density at radius 2 is 2.10 bits per heavy atom. The predicted octanol–water partition coefficient (Wildman–Crippen LogP) is 4.05. The van der Waals surface area contributed by atoms with E-state index >= 15 is 0 Å². The number of nitrogens with one attached hydrogen (secondary N) is 2. The van der Waals surface area contributed by atoms with Gasteiger partial charge in [0.1, 0.15) is 0 Å². The predicted molar refractivity (Wildman–Crippen MR) is 87.9 cm³/mol. The molecule has 0 aliphatic heterocycles. The normalized spacial score (nSPS) is 23.1. The highest BCUT2D eigenvalue weighted by Gasteiger charge is 2.23. The molecular weight excluding hydrogens is 386 g/mol. The summed E-state index contributed by atoms with van der Waals surface area (Å²) < 4.78 is 1.99. The number of fused-ring (bicyclic) bond motifs is 1. The van der Waals surface area contributed by atoms with Gasteiger partial charge in [0, 0.05) is 26.8 Å². The minimum atomic E-state index is -0.176. The van der Waals surface area contributed by atoms with E-state index < -0.39 is 0 Å². The fourth-order valence-corrected chi connectivity index (χ4v) is 4.30. The van der Waals surface area contributed by atoms with Crippen LogP contribution >= 0.6 is 31.9 Å². The lowest BCUT2D eigenvalue weighted by Gasteiger charge is -2.28. The average molecular weight is 403 g/mol. The van der Waals surface area contributed by atoms with Crippen LogP contribution in [0.25, 0.3) is 10.9 Å². The van der Waals surface area contributed by atoms with E-state index in [1.54, 1.807) is 0 Å². The summed E-state index contributed by atoms with van der Waals surface area (Å²) in [4.78, 5) is 0. The lowest BCUT2D eigenvalue weighted by Crippen LogP contribution is -2.30. The Labute approximate surface area is 134 Å². The minimum absolute atomic E-state index is 0.176. The summed E-state index contributed by atoms with van der Waals surface area (Å²) in [7, 11) is 0. The molecule has 0 bridgehead atoms. The van der Waals surface area contributed by atoms with Gasteiger partial charge in [0.05, 0.1) is 23.5 Å². The Morgan fingerprint density at radius 3 is 2.90 bits per heavy atom. The molecule has 2 atom stereocenters. The van der Waals surface area contributed by atoms with Crippen LogP contribution in [0.1, 0.15) is 25.7 Å². The van der Waals surface area contributed by atoms with E-state index in [0.29, 0.717) is 5.92 Å². The highest BCUT2D eigenvalue weighted by molar-refractivity contribution is 9.11. The molecule has 1 fully saturated rings. The molecule has 1 heterocycles. The molecule has 1 saturated carbocycles. The molecule has 4 nitrogen and oxygen atoms in total. The molecule has 0 radical (unpaired) electrons. The SMILES string of the molecule is O[C@@H]1CCCC[C@H]1CNc1c(Br)cc(Br)c2[nH]ncc12. The van der Waals surface area contributed by atoms with Crippen LogP contribution in [0.15, 0.2) is 21.2 Å². The summed E-state index contributed by atoms with van der Waals surface area (Å²) in [5, 5.41) is 21.7. The van der Waals surface area contributed by atoms with Crippen molar-refractivity contribution in [2.75, 3.05) is 11.9 Å². The minimum Gasteiger partial charge on any atom is -0.393 e. The average Bonchev–Trinajstić information content (AvgIpc) is 2.90. The molecule has 3 rings (SSSR count). The number of nitrogens with zero attached hydrogens (tertiary/aromatic N) is 1. The second-order valence-corrected chi connectivity index (χ2v) is 7.08. The molecular formula is C14H17Br2N3O. The zero-order valence-electron chi connectivity index (χ0n) is 11.0. The second-order valence-electron chi connectivity index (χ2n) is 5.37. The van der Waals surface area contributed by atoms with Crippen molar-refractivity contribution < 1.29 is 5.11 Å². The number of hydrogen-bond donors (Lipinski definition) is 3. The number of aromatic nitrogens is 2. The van der Waals surface area contributed by atoms with Crippen molar-refractivity contribution in [1.82, 2.24) is 10.2 Å². The van der Waals surface area contributed by atoms with Crippen LogP contribution in [0.4, 0.5) is 5.69 Å². The fraction of sp³-hybridized carbons (Fsp3) is 0.500. The molecule has 0 unspecified atom stereocenters. The summed E-state index contributed by atoms with van der Waals surface area (Å²) in [6.45, 7) is 0.793. The molecule has 6 heteroatoms. The van der Waals surface area contributed by atoms with E-state index in [1.807, 2.05) is 12.3 Å². The number of rotatable bonds is 3. The molecule has 3 N–H and O–H groups in total. The third kappa shape index (κ3) is 2.73. The molecule has 1 aliphatic rings. The summed E-state index contributed by atoms with van der Waals surface area (Å²) in [5.74, 6) is 0.334. The van der Waals surface area contributed by atoms with Crippen molar-refractivity contribution in [2.24, 2.45) is 5.92 Å². The van der Waals surface area contributed by atoms with E-state index in [-0.39, 0.29) is 6.10 Å². The van der Waals surface area contributed by atoms with Crippen molar-refractivity contribution in [3.8, 4) is 0 Å². The summed E-state index contributed by atoms with van der Waals surface area (Å²) in [6.07, 6.45) is 6.03. The monoisotopic (exact) mass is 401 g/mol. The number of H-pyrrole nitrogens is 1. The van der Waals surface area contributed by atoms with Crippen LogP contribution in [0, 0.1) is 5.92 Å². The van der Waals surface area contributed by atoms with Crippen LogP contribution in [-0.2, 0) is 0 Å². The summed E-state index contributed by atoms with van der Waals surface area (Å²) in [6, 6.07) is 2.01. The lowest BCUT2D eigenvalue weighted by molar-refractivity contribution is 0.0763. The van der Waals surface area contributed by atoms with Crippen LogP contribution in [-0.4, -0.2) is 28.0 Å². The fourth-order valence-electron chi connectivity index (χ4n) is 2.88. The molecule has 1 aromatic carbocycles. The molecule has 1 aliphatic carbocycles. The van der Waals surface area contributed by atoms with Crippen molar-refractivity contribution in [3.05, 3.63) is 21.2 Å².